The van der Waals surface area contributed by atoms with Crippen LogP contribution in [0.1, 0.15) is 29.4 Å². The van der Waals surface area contributed by atoms with Gasteiger partial charge < -0.3 is 14.6 Å². The Morgan fingerprint density at radius 1 is 1.57 bits per heavy atom. The van der Waals surface area contributed by atoms with Gasteiger partial charge in [-0.15, -0.1) is 0 Å². The molecule has 1 saturated carbocycles. The number of nitrogens with zero attached hydrogens (tertiary/aromatic N) is 3. The first kappa shape index (κ1) is 15.4. The zero-order valence-electron chi connectivity index (χ0n) is 11.1. The van der Waals surface area contributed by atoms with E-state index >= 15 is 0 Å². The van der Waals surface area contributed by atoms with Crippen LogP contribution in [0.25, 0.3) is 0 Å². The lowest BCUT2D eigenvalue weighted by molar-refractivity contribution is -0.384. The average molecular weight is 303 g/mol. The summed E-state index contributed by atoms with van der Waals surface area (Å²) >= 11 is 0. The molecule has 0 atom stereocenters. The Morgan fingerprint density at radius 2 is 2.24 bits per heavy atom. The van der Waals surface area contributed by atoms with Gasteiger partial charge in [-0.3, -0.25) is 14.9 Å². The molecule has 0 aromatic carbocycles. The minimum absolute atomic E-state index is 0.000163. The molecule has 116 valence electrons. The number of rotatable bonds is 7. The fraction of sp³-hybridized carbons (Fsp3) is 0.583. The molecule has 0 radical (unpaired) electrons. The Labute approximate surface area is 118 Å². The normalized spacial score (nSPS) is 14.5. The number of carbonyl (C=O) groups is 1. The molecule has 0 bridgehead atoms. The summed E-state index contributed by atoms with van der Waals surface area (Å²) in [5, 5.41) is 19.7. The number of hydrogen-bond donors (Lipinski definition) is 1. The van der Waals surface area contributed by atoms with Gasteiger partial charge in [0.2, 0.25) is 0 Å². The summed E-state index contributed by atoms with van der Waals surface area (Å²) in [5.74, 6) is -0.732. The van der Waals surface area contributed by atoms with Crippen LogP contribution in [-0.4, -0.2) is 51.5 Å². The maximum Gasteiger partial charge on any atom is 0.287 e. The summed E-state index contributed by atoms with van der Waals surface area (Å²) in [4.78, 5) is 23.3. The standard InChI is InChI=1S/C12H15F2N3O4/c13-11(14)7-15(3-4-18)12(19)10-5-9(17(20)21)6-16(10)8-1-2-8/h5-6,8,11,18H,1-4,7H2. The molecule has 0 unspecified atom stereocenters. The molecule has 0 aliphatic heterocycles. The van der Waals surface area contributed by atoms with Crippen LogP contribution in [0.15, 0.2) is 12.3 Å². The monoisotopic (exact) mass is 303 g/mol. The van der Waals surface area contributed by atoms with Crippen molar-refractivity contribution in [3.63, 3.8) is 0 Å². The molecule has 1 amide bonds. The summed E-state index contributed by atoms with van der Waals surface area (Å²) in [5.41, 5.74) is -0.232. The zero-order valence-corrected chi connectivity index (χ0v) is 11.1. The molecule has 2 rings (SSSR count). The Kier molecular flexibility index (Phi) is 4.51. The number of amides is 1. The molecular weight excluding hydrogens is 288 g/mol. The number of alkyl halides is 2. The van der Waals surface area contributed by atoms with Crippen molar-refractivity contribution in [2.75, 3.05) is 19.7 Å². The molecule has 1 aliphatic carbocycles. The first-order chi connectivity index (χ1) is 9.93. The van der Waals surface area contributed by atoms with Crippen molar-refractivity contribution in [1.82, 2.24) is 9.47 Å². The Bertz CT molecular complexity index is 543. The number of halogens is 2. The van der Waals surface area contributed by atoms with Gasteiger partial charge in [-0.05, 0) is 12.8 Å². The third kappa shape index (κ3) is 3.54. The van der Waals surface area contributed by atoms with Gasteiger partial charge in [0.05, 0.1) is 24.3 Å². The molecule has 1 heterocycles. The van der Waals surface area contributed by atoms with E-state index in [0.717, 1.165) is 23.8 Å². The number of nitro groups is 1. The van der Waals surface area contributed by atoms with Crippen LogP contribution in [0.3, 0.4) is 0 Å². The lowest BCUT2D eigenvalue weighted by atomic mass is 10.3. The Hall–Kier alpha value is -2.03. The van der Waals surface area contributed by atoms with Gasteiger partial charge in [0.25, 0.3) is 18.0 Å². The van der Waals surface area contributed by atoms with E-state index in [4.69, 9.17) is 5.11 Å². The quantitative estimate of drug-likeness (QED) is 0.609. The van der Waals surface area contributed by atoms with E-state index in [1.807, 2.05) is 0 Å². The van der Waals surface area contributed by atoms with E-state index in [2.05, 4.69) is 0 Å². The minimum atomic E-state index is -2.74. The van der Waals surface area contributed by atoms with Crippen LogP contribution in [0, 0.1) is 10.1 Å². The van der Waals surface area contributed by atoms with E-state index in [1.54, 1.807) is 0 Å². The van der Waals surface area contributed by atoms with Gasteiger partial charge in [0.15, 0.2) is 0 Å². The Morgan fingerprint density at radius 3 is 2.71 bits per heavy atom. The third-order valence-corrected chi connectivity index (χ3v) is 3.22. The highest BCUT2D eigenvalue weighted by atomic mass is 19.3. The highest BCUT2D eigenvalue weighted by Gasteiger charge is 2.32. The zero-order chi connectivity index (χ0) is 15.6. The van der Waals surface area contributed by atoms with Crippen molar-refractivity contribution >= 4 is 11.6 Å². The van der Waals surface area contributed by atoms with Crippen molar-refractivity contribution in [3.8, 4) is 0 Å². The molecule has 7 nitrogen and oxygen atoms in total. The molecule has 1 aromatic rings. The summed E-state index contributed by atoms with van der Waals surface area (Å²) in [7, 11) is 0. The van der Waals surface area contributed by atoms with Gasteiger partial charge >= 0.3 is 0 Å². The second-order valence-corrected chi connectivity index (χ2v) is 4.84. The van der Waals surface area contributed by atoms with Crippen molar-refractivity contribution in [2.45, 2.75) is 25.3 Å². The van der Waals surface area contributed by atoms with E-state index in [0.29, 0.717) is 0 Å². The maximum atomic E-state index is 12.5. The summed E-state index contributed by atoms with van der Waals surface area (Å²) in [6.45, 7) is -1.51. The van der Waals surface area contributed by atoms with E-state index < -0.39 is 30.4 Å². The molecule has 9 heteroatoms. The fourth-order valence-corrected chi connectivity index (χ4v) is 2.12. The predicted molar refractivity (Wildman–Crippen MR) is 68.4 cm³/mol. The lowest BCUT2D eigenvalue weighted by Crippen LogP contribution is -2.38. The first-order valence-electron chi connectivity index (χ1n) is 6.48. The molecule has 0 saturated heterocycles. The predicted octanol–water partition coefficient (Wildman–Crippen LogP) is 1.43. The van der Waals surface area contributed by atoms with Crippen LogP contribution in [0.2, 0.25) is 0 Å². The first-order valence-corrected chi connectivity index (χ1v) is 6.48. The van der Waals surface area contributed by atoms with Crippen molar-refractivity contribution < 1.29 is 23.6 Å². The van der Waals surface area contributed by atoms with Gasteiger partial charge in [-0.25, -0.2) is 8.78 Å². The number of aliphatic hydroxyl groups is 1. The number of aromatic nitrogens is 1. The number of carbonyl (C=O) groups excluding carboxylic acids is 1. The minimum Gasteiger partial charge on any atom is -0.395 e. The van der Waals surface area contributed by atoms with E-state index in [9.17, 15) is 23.7 Å². The van der Waals surface area contributed by atoms with Gasteiger partial charge in [-0.1, -0.05) is 0 Å². The molecule has 21 heavy (non-hydrogen) atoms. The lowest BCUT2D eigenvalue weighted by Gasteiger charge is -2.21. The molecule has 1 N–H and O–H groups in total. The van der Waals surface area contributed by atoms with Gasteiger partial charge in [0, 0.05) is 18.7 Å². The smallest absolute Gasteiger partial charge is 0.287 e. The second kappa shape index (κ2) is 6.17. The third-order valence-electron chi connectivity index (χ3n) is 3.22. The summed E-state index contributed by atoms with van der Waals surface area (Å²) < 4.78 is 26.5. The highest BCUT2D eigenvalue weighted by Crippen LogP contribution is 2.38. The molecule has 1 fully saturated rings. The van der Waals surface area contributed by atoms with Crippen molar-refractivity contribution in [3.05, 3.63) is 28.1 Å². The van der Waals surface area contributed by atoms with Crippen LogP contribution in [-0.2, 0) is 0 Å². The Balaban J connectivity index is 2.29. The molecular formula is C12H15F2N3O4. The highest BCUT2D eigenvalue weighted by molar-refractivity contribution is 5.93. The number of hydrogen-bond acceptors (Lipinski definition) is 4. The van der Waals surface area contributed by atoms with E-state index in [-0.39, 0.29) is 24.0 Å². The molecule has 1 aliphatic rings. The number of aliphatic hydroxyl groups excluding tert-OH is 1. The second-order valence-electron chi connectivity index (χ2n) is 4.84. The summed E-state index contributed by atoms with van der Waals surface area (Å²) in [6.07, 6.45) is 0.103. The molecule has 1 aromatic heterocycles. The van der Waals surface area contributed by atoms with Crippen LogP contribution < -0.4 is 0 Å². The average Bonchev–Trinajstić information content (AvgIpc) is 3.15. The van der Waals surface area contributed by atoms with E-state index in [1.165, 1.54) is 10.8 Å². The topological polar surface area (TPSA) is 88.6 Å². The fourth-order valence-electron chi connectivity index (χ4n) is 2.12. The van der Waals surface area contributed by atoms with Gasteiger partial charge in [0.1, 0.15) is 5.69 Å². The van der Waals surface area contributed by atoms with Crippen LogP contribution in [0.5, 0.6) is 0 Å². The van der Waals surface area contributed by atoms with Crippen LogP contribution in [0.4, 0.5) is 14.5 Å². The molecule has 0 spiro atoms. The SMILES string of the molecule is O=C(c1cc([N+](=O)[O-])cn1C1CC1)N(CCO)CC(F)F. The maximum absolute atomic E-state index is 12.5. The summed E-state index contributed by atoms with van der Waals surface area (Å²) in [6, 6.07) is 1.09. The largest absolute Gasteiger partial charge is 0.395 e. The van der Waals surface area contributed by atoms with Gasteiger partial charge in [-0.2, -0.15) is 0 Å². The van der Waals surface area contributed by atoms with Crippen molar-refractivity contribution in [1.29, 1.82) is 0 Å². The van der Waals surface area contributed by atoms with Crippen molar-refractivity contribution in [2.24, 2.45) is 0 Å². The van der Waals surface area contributed by atoms with Crippen LogP contribution >= 0.6 is 0 Å².